The summed E-state index contributed by atoms with van der Waals surface area (Å²) in [4.78, 5) is 0. The van der Waals surface area contributed by atoms with Crippen LogP contribution in [0, 0.1) is 5.82 Å². The fraction of sp³-hybridized carbons (Fsp3) is 0.250. The first-order valence-corrected chi connectivity index (χ1v) is 7.93. The zero-order chi connectivity index (χ0) is 14.8. The Balaban J connectivity index is 1.81. The van der Waals surface area contributed by atoms with E-state index in [-0.39, 0.29) is 5.02 Å². The first-order valence-electron chi connectivity index (χ1n) is 6.76. The second-order valence-electron chi connectivity index (χ2n) is 5.09. The fourth-order valence-corrected chi connectivity index (χ4v) is 2.44. The first kappa shape index (κ1) is 14.8. The molecule has 0 radical (unpaired) electrons. The average Bonchev–Trinajstić information content (AvgIpc) is 3.26. The van der Waals surface area contributed by atoms with Crippen LogP contribution in [0.1, 0.15) is 18.4 Å². The van der Waals surface area contributed by atoms with Crippen LogP contribution in [0.5, 0.6) is 11.5 Å². The van der Waals surface area contributed by atoms with Crippen LogP contribution in [-0.2, 0) is 6.54 Å². The molecule has 5 heteroatoms. The van der Waals surface area contributed by atoms with E-state index in [9.17, 15) is 4.39 Å². The highest BCUT2D eigenvalue weighted by atomic mass is 79.9. The Hall–Kier alpha value is -1.10. The molecule has 1 saturated carbocycles. The van der Waals surface area contributed by atoms with Gasteiger partial charge in [-0.3, -0.25) is 0 Å². The molecule has 1 aliphatic rings. The number of ether oxygens (including phenoxy) is 1. The number of rotatable bonds is 5. The van der Waals surface area contributed by atoms with Crippen LogP contribution in [0.25, 0.3) is 0 Å². The molecular formula is C16H14BrClFNO. The lowest BCUT2D eigenvalue weighted by atomic mass is 10.2. The first-order chi connectivity index (χ1) is 10.1. The molecule has 1 N–H and O–H groups in total. The fourth-order valence-electron chi connectivity index (χ4n) is 1.98. The molecule has 0 aromatic heterocycles. The minimum Gasteiger partial charge on any atom is -0.457 e. The summed E-state index contributed by atoms with van der Waals surface area (Å²) in [6.07, 6.45) is 2.46. The maximum atomic E-state index is 13.5. The normalized spacial score (nSPS) is 14.2. The van der Waals surface area contributed by atoms with Gasteiger partial charge in [-0.1, -0.05) is 33.6 Å². The van der Waals surface area contributed by atoms with Gasteiger partial charge in [-0.15, -0.1) is 0 Å². The van der Waals surface area contributed by atoms with E-state index < -0.39 is 5.82 Å². The highest BCUT2D eigenvalue weighted by Crippen LogP contribution is 2.31. The van der Waals surface area contributed by atoms with E-state index in [1.165, 1.54) is 25.0 Å². The maximum absolute atomic E-state index is 13.5. The van der Waals surface area contributed by atoms with Crippen molar-refractivity contribution in [1.82, 2.24) is 5.32 Å². The summed E-state index contributed by atoms with van der Waals surface area (Å²) in [7, 11) is 0. The van der Waals surface area contributed by atoms with Crippen LogP contribution in [0.2, 0.25) is 5.02 Å². The van der Waals surface area contributed by atoms with Crippen molar-refractivity contribution in [2.24, 2.45) is 0 Å². The number of halogens is 3. The largest absolute Gasteiger partial charge is 0.457 e. The third kappa shape index (κ3) is 3.96. The zero-order valence-corrected chi connectivity index (χ0v) is 13.5. The Morgan fingerprint density at radius 3 is 2.76 bits per heavy atom. The molecule has 1 aliphatic carbocycles. The predicted octanol–water partition coefficient (Wildman–Crippen LogP) is 5.29. The van der Waals surface area contributed by atoms with E-state index in [0.717, 1.165) is 16.6 Å². The van der Waals surface area contributed by atoms with Crippen LogP contribution in [-0.4, -0.2) is 6.04 Å². The van der Waals surface area contributed by atoms with Gasteiger partial charge in [0.05, 0.1) is 5.02 Å². The van der Waals surface area contributed by atoms with E-state index >= 15 is 0 Å². The molecule has 21 heavy (non-hydrogen) atoms. The summed E-state index contributed by atoms with van der Waals surface area (Å²) >= 11 is 9.12. The van der Waals surface area contributed by atoms with Crippen molar-refractivity contribution in [2.45, 2.75) is 25.4 Å². The van der Waals surface area contributed by atoms with Crippen LogP contribution < -0.4 is 10.1 Å². The lowest BCUT2D eigenvalue weighted by Gasteiger charge is -2.12. The van der Waals surface area contributed by atoms with E-state index in [4.69, 9.17) is 16.3 Å². The maximum Gasteiger partial charge on any atom is 0.145 e. The smallest absolute Gasteiger partial charge is 0.145 e. The van der Waals surface area contributed by atoms with Gasteiger partial charge in [0, 0.05) is 28.7 Å². The van der Waals surface area contributed by atoms with E-state index in [2.05, 4.69) is 21.2 Å². The Morgan fingerprint density at radius 1 is 1.24 bits per heavy atom. The molecule has 0 heterocycles. The van der Waals surface area contributed by atoms with Crippen molar-refractivity contribution in [2.75, 3.05) is 0 Å². The van der Waals surface area contributed by atoms with Crippen molar-refractivity contribution in [3.05, 3.63) is 57.3 Å². The molecule has 0 aliphatic heterocycles. The van der Waals surface area contributed by atoms with Gasteiger partial charge in [-0.2, -0.15) is 0 Å². The Bertz CT molecular complexity index is 661. The van der Waals surface area contributed by atoms with Crippen LogP contribution in [0.3, 0.4) is 0 Å². The predicted molar refractivity (Wildman–Crippen MR) is 85.5 cm³/mol. The summed E-state index contributed by atoms with van der Waals surface area (Å²) in [6.45, 7) is 0.739. The van der Waals surface area contributed by atoms with E-state index in [1.807, 2.05) is 18.2 Å². The standard InChI is InChI=1S/C16H14BrClFNO/c17-11-2-1-10(9-20-12-3-4-12)16(7-11)21-13-5-6-14(18)15(19)8-13/h1-2,5-8,12,20H,3-4,9H2. The lowest BCUT2D eigenvalue weighted by molar-refractivity contribution is 0.467. The van der Waals surface area contributed by atoms with E-state index in [0.29, 0.717) is 17.5 Å². The Morgan fingerprint density at radius 2 is 2.05 bits per heavy atom. The van der Waals surface area contributed by atoms with Crippen molar-refractivity contribution < 1.29 is 9.13 Å². The lowest BCUT2D eigenvalue weighted by Crippen LogP contribution is -2.15. The van der Waals surface area contributed by atoms with Gasteiger partial charge in [-0.25, -0.2) is 4.39 Å². The third-order valence-corrected chi connectivity index (χ3v) is 4.11. The molecule has 0 atom stereocenters. The van der Waals surface area contributed by atoms with Gasteiger partial charge in [0.2, 0.25) is 0 Å². The molecule has 3 rings (SSSR count). The molecule has 110 valence electrons. The number of hydrogen-bond acceptors (Lipinski definition) is 2. The molecule has 0 unspecified atom stereocenters. The van der Waals surface area contributed by atoms with Gasteiger partial charge in [0.25, 0.3) is 0 Å². The Kier molecular flexibility index (Phi) is 4.48. The molecule has 2 nitrogen and oxygen atoms in total. The third-order valence-electron chi connectivity index (χ3n) is 3.31. The van der Waals surface area contributed by atoms with Crippen LogP contribution in [0.4, 0.5) is 4.39 Å². The minimum atomic E-state index is -0.484. The minimum absolute atomic E-state index is 0.0900. The molecule has 2 aromatic rings. The summed E-state index contributed by atoms with van der Waals surface area (Å²) < 4.78 is 20.2. The highest BCUT2D eigenvalue weighted by Gasteiger charge is 2.20. The zero-order valence-electron chi connectivity index (χ0n) is 11.2. The molecular weight excluding hydrogens is 357 g/mol. The molecule has 2 aromatic carbocycles. The SMILES string of the molecule is Fc1cc(Oc2cc(Br)ccc2CNC2CC2)ccc1Cl. The average molecular weight is 371 g/mol. The molecule has 0 saturated heterocycles. The van der Waals surface area contributed by atoms with E-state index in [1.54, 1.807) is 6.07 Å². The highest BCUT2D eigenvalue weighted by molar-refractivity contribution is 9.10. The topological polar surface area (TPSA) is 21.3 Å². The van der Waals surface area contributed by atoms with Gasteiger partial charge >= 0.3 is 0 Å². The molecule has 0 amide bonds. The van der Waals surface area contributed by atoms with Crippen molar-refractivity contribution in [3.63, 3.8) is 0 Å². The van der Waals surface area contributed by atoms with Crippen molar-refractivity contribution >= 4 is 27.5 Å². The Labute approximate surface area is 136 Å². The van der Waals surface area contributed by atoms with Gasteiger partial charge in [0.15, 0.2) is 0 Å². The number of nitrogens with one attached hydrogen (secondary N) is 1. The van der Waals surface area contributed by atoms with Gasteiger partial charge in [-0.05, 0) is 37.1 Å². The number of hydrogen-bond donors (Lipinski definition) is 1. The summed E-state index contributed by atoms with van der Waals surface area (Å²) in [5.74, 6) is 0.656. The van der Waals surface area contributed by atoms with Crippen molar-refractivity contribution in [1.29, 1.82) is 0 Å². The summed E-state index contributed by atoms with van der Waals surface area (Å²) in [6, 6.07) is 10.9. The van der Waals surface area contributed by atoms with Gasteiger partial charge < -0.3 is 10.1 Å². The van der Waals surface area contributed by atoms with Crippen molar-refractivity contribution in [3.8, 4) is 11.5 Å². The van der Waals surface area contributed by atoms with Crippen LogP contribution in [0.15, 0.2) is 40.9 Å². The quantitative estimate of drug-likeness (QED) is 0.772. The molecule has 0 bridgehead atoms. The second-order valence-corrected chi connectivity index (χ2v) is 6.41. The monoisotopic (exact) mass is 369 g/mol. The number of benzene rings is 2. The summed E-state index contributed by atoms with van der Waals surface area (Å²) in [5, 5.41) is 3.54. The molecule has 1 fully saturated rings. The second kappa shape index (κ2) is 6.34. The molecule has 0 spiro atoms. The summed E-state index contributed by atoms with van der Waals surface area (Å²) in [5.41, 5.74) is 1.04. The van der Waals surface area contributed by atoms with Crippen LogP contribution >= 0.6 is 27.5 Å². The van der Waals surface area contributed by atoms with Gasteiger partial charge in [0.1, 0.15) is 17.3 Å².